The monoisotopic (exact) mass is 410 g/mol. The first-order valence-electron chi connectivity index (χ1n) is 10.3. The van der Waals surface area contributed by atoms with Crippen LogP contribution < -0.4 is 5.43 Å². The Balaban J connectivity index is 1.43. The highest BCUT2D eigenvalue weighted by Gasteiger charge is 2.22. The first-order chi connectivity index (χ1) is 15.2. The zero-order valence-electron chi connectivity index (χ0n) is 17.2. The quantitative estimate of drug-likeness (QED) is 0.387. The van der Waals surface area contributed by atoms with Gasteiger partial charge in [-0.05, 0) is 38.3 Å². The number of hydrogen-bond acceptors (Lipinski definition) is 4. The number of hydrazone groups is 1. The van der Waals surface area contributed by atoms with Gasteiger partial charge in [0.2, 0.25) is 0 Å². The molecule has 1 amide bonds. The summed E-state index contributed by atoms with van der Waals surface area (Å²) < 4.78 is 1.82. The molecule has 0 saturated heterocycles. The van der Waals surface area contributed by atoms with Crippen LogP contribution in [0.15, 0.2) is 65.9 Å². The number of H-pyrrole nitrogens is 1. The maximum atomic E-state index is 12.5. The number of rotatable bonds is 5. The van der Waals surface area contributed by atoms with Gasteiger partial charge in [-0.25, -0.2) is 10.1 Å². The molecule has 4 aromatic rings. The molecule has 31 heavy (non-hydrogen) atoms. The van der Waals surface area contributed by atoms with Gasteiger partial charge in [-0.1, -0.05) is 48.0 Å². The number of amides is 1. The summed E-state index contributed by atoms with van der Waals surface area (Å²) >= 11 is 0. The molecule has 0 radical (unpaired) electrons. The van der Waals surface area contributed by atoms with Gasteiger partial charge < -0.3 is 0 Å². The van der Waals surface area contributed by atoms with Crippen molar-refractivity contribution in [2.75, 3.05) is 0 Å². The number of nitrogens with one attached hydrogen (secondary N) is 2. The number of hydrogen-bond donors (Lipinski definition) is 2. The first kappa shape index (κ1) is 19.0. The number of nitrogens with zero attached hydrogens (tertiary/aromatic N) is 4. The number of aryl methyl sites for hydroxylation is 2. The number of fused-ring (bicyclic) bond motifs is 1. The van der Waals surface area contributed by atoms with Crippen molar-refractivity contribution in [3.05, 3.63) is 88.9 Å². The van der Waals surface area contributed by atoms with Gasteiger partial charge in [0.05, 0.1) is 11.9 Å². The predicted octanol–water partition coefficient (Wildman–Crippen LogP) is 3.82. The third-order valence-electron chi connectivity index (χ3n) is 5.48. The van der Waals surface area contributed by atoms with Crippen LogP contribution in [-0.4, -0.2) is 32.1 Å². The van der Waals surface area contributed by atoms with Gasteiger partial charge in [0, 0.05) is 28.6 Å². The van der Waals surface area contributed by atoms with Crippen LogP contribution in [0.4, 0.5) is 0 Å². The summed E-state index contributed by atoms with van der Waals surface area (Å²) in [5.74, 6) is -0.303. The normalized spacial score (nSPS) is 12.9. The van der Waals surface area contributed by atoms with Gasteiger partial charge in [0.15, 0.2) is 5.69 Å². The fraction of sp³-hybridized carbons (Fsp3) is 0.167. The van der Waals surface area contributed by atoms with E-state index in [4.69, 9.17) is 5.10 Å². The van der Waals surface area contributed by atoms with Gasteiger partial charge in [0.1, 0.15) is 5.69 Å². The second kappa shape index (κ2) is 8.02. The van der Waals surface area contributed by atoms with Gasteiger partial charge in [-0.3, -0.25) is 9.89 Å². The molecule has 1 aliphatic carbocycles. The summed E-state index contributed by atoms with van der Waals surface area (Å²) in [6.07, 6.45) is 6.40. The van der Waals surface area contributed by atoms with Crippen LogP contribution in [-0.2, 0) is 12.8 Å². The fourth-order valence-electron chi connectivity index (χ4n) is 3.85. The van der Waals surface area contributed by atoms with Gasteiger partial charge >= 0.3 is 0 Å². The Labute approximate surface area is 179 Å². The Kier molecular flexibility index (Phi) is 4.92. The van der Waals surface area contributed by atoms with Gasteiger partial charge in [0.25, 0.3) is 5.91 Å². The summed E-state index contributed by atoms with van der Waals surface area (Å²) in [5, 5.41) is 16.1. The third-order valence-corrected chi connectivity index (χ3v) is 5.48. The van der Waals surface area contributed by atoms with Gasteiger partial charge in [-0.15, -0.1) is 0 Å². The summed E-state index contributed by atoms with van der Waals surface area (Å²) in [6, 6.07) is 18.1. The molecule has 5 rings (SSSR count). The number of carbonyl (C=O) groups excluding carboxylic acids is 1. The number of carbonyl (C=O) groups is 1. The van der Waals surface area contributed by atoms with E-state index < -0.39 is 0 Å². The average molecular weight is 410 g/mol. The summed E-state index contributed by atoms with van der Waals surface area (Å²) in [6.45, 7) is 2.05. The zero-order valence-corrected chi connectivity index (χ0v) is 17.2. The molecule has 2 N–H and O–H groups in total. The van der Waals surface area contributed by atoms with E-state index in [0.717, 1.165) is 53.0 Å². The Morgan fingerprint density at radius 3 is 2.74 bits per heavy atom. The maximum absolute atomic E-state index is 12.5. The molecule has 0 unspecified atom stereocenters. The van der Waals surface area contributed by atoms with E-state index >= 15 is 0 Å². The molecule has 0 saturated carbocycles. The van der Waals surface area contributed by atoms with Crippen molar-refractivity contribution in [3.63, 3.8) is 0 Å². The van der Waals surface area contributed by atoms with E-state index in [1.165, 1.54) is 5.56 Å². The number of benzene rings is 2. The van der Waals surface area contributed by atoms with Crippen molar-refractivity contribution in [2.24, 2.45) is 5.10 Å². The highest BCUT2D eigenvalue weighted by atomic mass is 16.2. The molecular weight excluding hydrogens is 388 g/mol. The lowest BCUT2D eigenvalue weighted by molar-refractivity contribution is 0.0949. The van der Waals surface area contributed by atoms with Crippen LogP contribution in [0.5, 0.6) is 0 Å². The zero-order chi connectivity index (χ0) is 21.2. The highest BCUT2D eigenvalue weighted by molar-refractivity contribution is 5.95. The maximum Gasteiger partial charge on any atom is 0.292 e. The predicted molar refractivity (Wildman–Crippen MR) is 119 cm³/mol. The first-order valence-corrected chi connectivity index (χ1v) is 10.3. The molecular formula is C24H22N6O. The Bertz CT molecular complexity index is 1250. The lowest BCUT2D eigenvalue weighted by Gasteiger charge is -2.01. The van der Waals surface area contributed by atoms with E-state index in [9.17, 15) is 4.79 Å². The van der Waals surface area contributed by atoms with Gasteiger partial charge in [-0.2, -0.15) is 15.3 Å². The topological polar surface area (TPSA) is 88.0 Å². The highest BCUT2D eigenvalue weighted by Crippen LogP contribution is 2.24. The Morgan fingerprint density at radius 2 is 1.94 bits per heavy atom. The standard InChI is InChI=1S/C24H22N6O/c1-16-10-12-17(13-11-16)22-18(15-30(29-22)19-6-3-2-4-7-19)14-25-28-24(31)23-20-8-5-9-21(20)26-27-23/h2-4,6-7,10-15H,5,8-9H2,1H3,(H,26,27)(H,28,31)/b25-14+. The molecule has 0 spiro atoms. The second-order valence-electron chi connectivity index (χ2n) is 7.66. The molecule has 7 heteroatoms. The molecule has 1 aliphatic rings. The lowest BCUT2D eigenvalue weighted by Crippen LogP contribution is -2.19. The van der Waals surface area contributed by atoms with E-state index in [1.54, 1.807) is 6.21 Å². The third kappa shape index (κ3) is 3.77. The minimum atomic E-state index is -0.303. The van der Waals surface area contributed by atoms with E-state index in [2.05, 4.69) is 39.8 Å². The van der Waals surface area contributed by atoms with Crippen molar-refractivity contribution in [3.8, 4) is 16.9 Å². The molecule has 0 fully saturated rings. The SMILES string of the molecule is Cc1ccc(-c2nn(-c3ccccc3)cc2/C=N/NC(=O)c2n[nH]c3c2CCC3)cc1. The summed E-state index contributed by atoms with van der Waals surface area (Å²) in [4.78, 5) is 12.5. The fourth-order valence-corrected chi connectivity index (χ4v) is 3.85. The van der Waals surface area contributed by atoms with Crippen LogP contribution in [0.2, 0.25) is 0 Å². The molecule has 154 valence electrons. The van der Waals surface area contributed by atoms with E-state index in [0.29, 0.717) is 5.69 Å². The van der Waals surface area contributed by atoms with Crippen molar-refractivity contribution in [1.29, 1.82) is 0 Å². The van der Waals surface area contributed by atoms with Crippen molar-refractivity contribution in [2.45, 2.75) is 26.2 Å². The lowest BCUT2D eigenvalue weighted by atomic mass is 10.1. The van der Waals surface area contributed by atoms with Crippen LogP contribution >= 0.6 is 0 Å². The second-order valence-corrected chi connectivity index (χ2v) is 7.66. The van der Waals surface area contributed by atoms with Crippen LogP contribution in [0.3, 0.4) is 0 Å². The Morgan fingerprint density at radius 1 is 1.13 bits per heavy atom. The van der Waals surface area contributed by atoms with Crippen LogP contribution in [0, 0.1) is 6.92 Å². The van der Waals surface area contributed by atoms with Crippen LogP contribution in [0.1, 0.15) is 39.3 Å². The molecule has 2 heterocycles. The molecule has 0 aliphatic heterocycles. The van der Waals surface area contributed by atoms with Crippen molar-refractivity contribution in [1.82, 2.24) is 25.4 Å². The molecule has 2 aromatic carbocycles. The average Bonchev–Trinajstić information content (AvgIpc) is 3.51. The summed E-state index contributed by atoms with van der Waals surface area (Å²) in [7, 11) is 0. The Hall–Kier alpha value is -4.00. The number of aromatic amines is 1. The minimum Gasteiger partial charge on any atom is -0.281 e. The minimum absolute atomic E-state index is 0.303. The van der Waals surface area contributed by atoms with E-state index in [-0.39, 0.29) is 5.91 Å². The molecule has 2 aromatic heterocycles. The molecule has 7 nitrogen and oxygen atoms in total. The number of para-hydroxylation sites is 1. The van der Waals surface area contributed by atoms with Crippen molar-refractivity contribution < 1.29 is 4.79 Å². The summed E-state index contributed by atoms with van der Waals surface area (Å²) in [5.41, 5.74) is 9.82. The largest absolute Gasteiger partial charge is 0.292 e. The van der Waals surface area contributed by atoms with Crippen LogP contribution in [0.25, 0.3) is 16.9 Å². The number of aromatic nitrogens is 4. The van der Waals surface area contributed by atoms with Crippen molar-refractivity contribution >= 4 is 12.1 Å². The molecule has 0 atom stereocenters. The smallest absolute Gasteiger partial charge is 0.281 e. The molecule has 0 bridgehead atoms. The van der Waals surface area contributed by atoms with E-state index in [1.807, 2.05) is 53.3 Å².